The number of aliphatic hydroxyl groups is 1. The van der Waals surface area contributed by atoms with Crippen LogP contribution in [0.15, 0.2) is 22.7 Å². The quantitative estimate of drug-likeness (QED) is 0.880. The van der Waals surface area contributed by atoms with Crippen LogP contribution in [0.25, 0.3) is 0 Å². The van der Waals surface area contributed by atoms with Gasteiger partial charge in [-0.3, -0.25) is 0 Å². The van der Waals surface area contributed by atoms with Gasteiger partial charge in [0.15, 0.2) is 0 Å². The molecule has 0 saturated heterocycles. The summed E-state index contributed by atoms with van der Waals surface area (Å²) < 4.78 is 2.95. The molecule has 2 rings (SSSR count). The SMILES string of the molecule is Cc1cc(CNc2c(C)c(C)nn2CCO)ccc1Br. The maximum Gasteiger partial charge on any atom is 0.127 e. The highest BCUT2D eigenvalue weighted by atomic mass is 79.9. The average molecular weight is 338 g/mol. The number of anilines is 1. The summed E-state index contributed by atoms with van der Waals surface area (Å²) in [5, 5.41) is 17.0. The van der Waals surface area contributed by atoms with Crippen LogP contribution in [0.2, 0.25) is 0 Å². The topological polar surface area (TPSA) is 50.1 Å². The van der Waals surface area contributed by atoms with Gasteiger partial charge in [-0.05, 0) is 38.0 Å². The molecule has 0 unspecified atom stereocenters. The van der Waals surface area contributed by atoms with Crippen molar-refractivity contribution in [2.75, 3.05) is 11.9 Å². The molecule has 1 aromatic carbocycles. The molecule has 0 atom stereocenters. The normalized spacial score (nSPS) is 10.8. The van der Waals surface area contributed by atoms with E-state index >= 15 is 0 Å². The molecule has 20 heavy (non-hydrogen) atoms. The van der Waals surface area contributed by atoms with Crippen LogP contribution >= 0.6 is 15.9 Å². The second-order valence-corrected chi connectivity index (χ2v) is 5.80. The lowest BCUT2D eigenvalue weighted by Crippen LogP contribution is -2.11. The Morgan fingerprint density at radius 1 is 1.30 bits per heavy atom. The highest BCUT2D eigenvalue weighted by Gasteiger charge is 2.10. The highest BCUT2D eigenvalue weighted by Crippen LogP contribution is 2.21. The van der Waals surface area contributed by atoms with Crippen molar-refractivity contribution in [1.82, 2.24) is 9.78 Å². The molecule has 0 aliphatic heterocycles. The standard InChI is InChI=1S/C15H20BrN3O/c1-10-8-13(4-5-14(10)16)9-17-15-11(2)12(3)18-19(15)6-7-20/h4-5,8,17,20H,6-7,9H2,1-3H3. The summed E-state index contributed by atoms with van der Waals surface area (Å²) in [6.07, 6.45) is 0. The van der Waals surface area contributed by atoms with Gasteiger partial charge in [0.1, 0.15) is 5.82 Å². The second kappa shape index (κ2) is 6.41. The summed E-state index contributed by atoms with van der Waals surface area (Å²) in [4.78, 5) is 0. The van der Waals surface area contributed by atoms with Crippen molar-refractivity contribution in [3.8, 4) is 0 Å². The lowest BCUT2D eigenvalue weighted by Gasteiger charge is -2.11. The van der Waals surface area contributed by atoms with Gasteiger partial charge in [0.2, 0.25) is 0 Å². The molecule has 0 bridgehead atoms. The number of aromatic nitrogens is 2. The summed E-state index contributed by atoms with van der Waals surface area (Å²) in [7, 11) is 0. The maximum absolute atomic E-state index is 9.10. The first-order valence-electron chi connectivity index (χ1n) is 6.66. The molecule has 0 aliphatic rings. The number of nitrogens with one attached hydrogen (secondary N) is 1. The van der Waals surface area contributed by atoms with Crippen LogP contribution in [-0.2, 0) is 13.1 Å². The van der Waals surface area contributed by atoms with Crippen LogP contribution in [0.1, 0.15) is 22.4 Å². The van der Waals surface area contributed by atoms with Crippen LogP contribution in [0.3, 0.4) is 0 Å². The van der Waals surface area contributed by atoms with Crippen LogP contribution in [0.4, 0.5) is 5.82 Å². The van der Waals surface area contributed by atoms with E-state index < -0.39 is 0 Å². The fourth-order valence-electron chi connectivity index (χ4n) is 2.15. The molecule has 0 spiro atoms. The second-order valence-electron chi connectivity index (χ2n) is 4.94. The molecule has 1 aromatic heterocycles. The number of rotatable bonds is 5. The summed E-state index contributed by atoms with van der Waals surface area (Å²) in [6, 6.07) is 6.32. The van der Waals surface area contributed by atoms with Crippen molar-refractivity contribution < 1.29 is 5.11 Å². The van der Waals surface area contributed by atoms with Gasteiger partial charge in [-0.1, -0.05) is 28.1 Å². The van der Waals surface area contributed by atoms with Gasteiger partial charge < -0.3 is 10.4 Å². The summed E-state index contributed by atoms with van der Waals surface area (Å²) >= 11 is 3.51. The Bertz CT molecular complexity index is 607. The summed E-state index contributed by atoms with van der Waals surface area (Å²) in [5.74, 6) is 0.983. The minimum Gasteiger partial charge on any atom is -0.394 e. The zero-order valence-electron chi connectivity index (χ0n) is 12.1. The molecule has 5 heteroatoms. The molecule has 0 aliphatic carbocycles. The number of aliphatic hydroxyl groups excluding tert-OH is 1. The maximum atomic E-state index is 9.10. The third kappa shape index (κ3) is 3.22. The van der Waals surface area contributed by atoms with E-state index in [2.05, 4.69) is 51.5 Å². The van der Waals surface area contributed by atoms with Crippen molar-refractivity contribution in [2.45, 2.75) is 33.9 Å². The first-order chi connectivity index (χ1) is 9.52. The molecular formula is C15H20BrN3O. The van der Waals surface area contributed by atoms with Gasteiger partial charge in [0, 0.05) is 16.6 Å². The van der Waals surface area contributed by atoms with Gasteiger partial charge >= 0.3 is 0 Å². The Labute approximate surface area is 127 Å². The number of nitrogens with zero attached hydrogens (tertiary/aromatic N) is 2. The third-order valence-corrected chi connectivity index (χ3v) is 4.31. The largest absolute Gasteiger partial charge is 0.394 e. The first kappa shape index (κ1) is 15.1. The predicted molar refractivity (Wildman–Crippen MR) is 85.0 cm³/mol. The highest BCUT2D eigenvalue weighted by molar-refractivity contribution is 9.10. The number of hydrogen-bond donors (Lipinski definition) is 2. The van der Waals surface area contributed by atoms with Crippen molar-refractivity contribution in [2.24, 2.45) is 0 Å². The fourth-order valence-corrected chi connectivity index (χ4v) is 2.40. The molecule has 0 saturated carbocycles. The third-order valence-electron chi connectivity index (χ3n) is 3.42. The van der Waals surface area contributed by atoms with E-state index in [4.69, 9.17) is 5.11 Å². The molecule has 108 valence electrons. The van der Waals surface area contributed by atoms with Gasteiger partial charge in [-0.25, -0.2) is 4.68 Å². The lowest BCUT2D eigenvalue weighted by molar-refractivity contribution is 0.270. The Morgan fingerprint density at radius 3 is 2.70 bits per heavy atom. The Hall–Kier alpha value is -1.33. The number of halogens is 1. The zero-order valence-corrected chi connectivity index (χ0v) is 13.7. The van der Waals surface area contributed by atoms with Crippen LogP contribution in [-0.4, -0.2) is 21.5 Å². The average Bonchev–Trinajstić information content (AvgIpc) is 2.67. The zero-order chi connectivity index (χ0) is 14.7. The van der Waals surface area contributed by atoms with Gasteiger partial charge in [-0.2, -0.15) is 5.10 Å². The lowest BCUT2D eigenvalue weighted by atomic mass is 10.1. The van der Waals surface area contributed by atoms with E-state index in [1.54, 1.807) is 0 Å². The Balaban J connectivity index is 2.15. The van der Waals surface area contributed by atoms with E-state index in [0.29, 0.717) is 6.54 Å². The minimum absolute atomic E-state index is 0.0899. The summed E-state index contributed by atoms with van der Waals surface area (Å²) in [6.45, 7) is 7.46. The van der Waals surface area contributed by atoms with E-state index in [9.17, 15) is 0 Å². The van der Waals surface area contributed by atoms with Gasteiger partial charge in [-0.15, -0.1) is 0 Å². The van der Waals surface area contributed by atoms with Gasteiger partial charge in [0.05, 0.1) is 18.8 Å². The molecule has 2 aromatic rings. The molecule has 1 heterocycles. The van der Waals surface area contributed by atoms with Crippen molar-refractivity contribution in [1.29, 1.82) is 0 Å². The van der Waals surface area contributed by atoms with E-state index in [0.717, 1.165) is 28.1 Å². The number of aryl methyl sites for hydroxylation is 2. The molecule has 0 amide bonds. The van der Waals surface area contributed by atoms with E-state index in [-0.39, 0.29) is 6.61 Å². The Morgan fingerprint density at radius 2 is 2.05 bits per heavy atom. The molecule has 0 fully saturated rings. The van der Waals surface area contributed by atoms with Crippen molar-refractivity contribution in [3.63, 3.8) is 0 Å². The molecule has 4 nitrogen and oxygen atoms in total. The number of hydrogen-bond acceptors (Lipinski definition) is 3. The van der Waals surface area contributed by atoms with Crippen LogP contribution in [0, 0.1) is 20.8 Å². The number of benzene rings is 1. The molecular weight excluding hydrogens is 318 g/mol. The van der Waals surface area contributed by atoms with E-state index in [1.165, 1.54) is 11.1 Å². The smallest absolute Gasteiger partial charge is 0.127 e. The van der Waals surface area contributed by atoms with E-state index in [1.807, 2.05) is 18.5 Å². The molecule has 0 radical (unpaired) electrons. The minimum atomic E-state index is 0.0899. The van der Waals surface area contributed by atoms with Crippen LogP contribution < -0.4 is 5.32 Å². The van der Waals surface area contributed by atoms with Crippen molar-refractivity contribution in [3.05, 3.63) is 45.1 Å². The molecule has 2 N–H and O–H groups in total. The monoisotopic (exact) mass is 337 g/mol. The first-order valence-corrected chi connectivity index (χ1v) is 7.46. The van der Waals surface area contributed by atoms with Gasteiger partial charge in [0.25, 0.3) is 0 Å². The summed E-state index contributed by atoms with van der Waals surface area (Å²) in [5.41, 5.74) is 4.57. The predicted octanol–water partition coefficient (Wildman–Crippen LogP) is 3.18. The fraction of sp³-hybridized carbons (Fsp3) is 0.400. The van der Waals surface area contributed by atoms with Crippen LogP contribution in [0.5, 0.6) is 0 Å². The van der Waals surface area contributed by atoms with Crippen molar-refractivity contribution >= 4 is 21.7 Å². The Kier molecular flexibility index (Phi) is 4.83.